The van der Waals surface area contributed by atoms with Crippen LogP contribution in [0.25, 0.3) is 5.69 Å². The Morgan fingerprint density at radius 2 is 1.83 bits per heavy atom. The minimum absolute atomic E-state index is 0.123. The van der Waals surface area contributed by atoms with Crippen molar-refractivity contribution in [2.24, 2.45) is 0 Å². The van der Waals surface area contributed by atoms with Crippen LogP contribution < -0.4 is 14.8 Å². The van der Waals surface area contributed by atoms with Gasteiger partial charge in [-0.05, 0) is 42.3 Å². The Bertz CT molecular complexity index is 1020. The first kappa shape index (κ1) is 21.5. The van der Waals surface area contributed by atoms with Crippen LogP contribution in [-0.2, 0) is 12.6 Å². The molecule has 3 rings (SSSR count). The molecule has 0 aliphatic heterocycles. The lowest BCUT2D eigenvalue weighted by Crippen LogP contribution is -2.29. The molecule has 0 spiro atoms. The van der Waals surface area contributed by atoms with Gasteiger partial charge >= 0.3 is 12.3 Å². The van der Waals surface area contributed by atoms with Gasteiger partial charge in [0.25, 0.3) is 0 Å². The monoisotopic (exact) mass is 439 g/mol. The van der Waals surface area contributed by atoms with Gasteiger partial charge in [-0.3, -0.25) is 0 Å². The first-order valence-corrected chi connectivity index (χ1v) is 9.16. The summed E-state index contributed by atoms with van der Waals surface area (Å²) < 4.78 is 51.5. The molecule has 0 aliphatic carbocycles. The molecular weight excluding hydrogens is 423 g/mol. The molecule has 30 heavy (non-hydrogen) atoms. The quantitative estimate of drug-likeness (QED) is 0.594. The van der Waals surface area contributed by atoms with Gasteiger partial charge in [0.15, 0.2) is 11.4 Å². The van der Waals surface area contributed by atoms with Crippen molar-refractivity contribution in [2.45, 2.75) is 12.6 Å². The zero-order valence-corrected chi connectivity index (χ0v) is 16.5. The van der Waals surface area contributed by atoms with E-state index < -0.39 is 23.7 Å². The molecule has 3 aromatic rings. The van der Waals surface area contributed by atoms with E-state index in [2.05, 4.69) is 10.4 Å². The molecule has 1 heterocycles. The second kappa shape index (κ2) is 9.08. The van der Waals surface area contributed by atoms with Crippen LogP contribution in [0.4, 0.5) is 18.0 Å². The second-order valence-corrected chi connectivity index (χ2v) is 6.56. The number of hydrogen-bond donors (Lipinski definition) is 1. The smallest absolute Gasteiger partial charge is 0.437 e. The summed E-state index contributed by atoms with van der Waals surface area (Å²) in [7, 11) is 1.53. The third kappa shape index (κ3) is 5.04. The molecule has 1 amide bonds. The third-order valence-corrected chi connectivity index (χ3v) is 4.39. The van der Waals surface area contributed by atoms with Crippen LogP contribution in [-0.4, -0.2) is 29.5 Å². The van der Waals surface area contributed by atoms with Gasteiger partial charge in [0.1, 0.15) is 5.75 Å². The summed E-state index contributed by atoms with van der Waals surface area (Å²) in [5.41, 5.74) is -0.241. The van der Waals surface area contributed by atoms with Gasteiger partial charge in [0.05, 0.1) is 19.0 Å². The molecule has 0 bridgehead atoms. The van der Waals surface area contributed by atoms with Crippen molar-refractivity contribution in [3.63, 3.8) is 0 Å². The van der Waals surface area contributed by atoms with Crippen molar-refractivity contribution in [1.82, 2.24) is 15.1 Å². The summed E-state index contributed by atoms with van der Waals surface area (Å²) >= 11 is 5.78. The summed E-state index contributed by atoms with van der Waals surface area (Å²) in [6.07, 6.45) is -4.57. The molecule has 0 saturated carbocycles. The van der Waals surface area contributed by atoms with Crippen molar-refractivity contribution in [3.05, 3.63) is 71.0 Å². The molecule has 0 atom stereocenters. The summed E-state index contributed by atoms with van der Waals surface area (Å²) in [6, 6.07) is 12.8. The maximum absolute atomic E-state index is 13.6. The SMILES string of the molecule is COc1ccccc1CCNC(=O)Oc1cnn(-c2ccc(Cl)cc2)c1C(F)(F)F. The highest BCUT2D eigenvalue weighted by Gasteiger charge is 2.40. The summed E-state index contributed by atoms with van der Waals surface area (Å²) in [5.74, 6) is -0.0523. The molecule has 1 aromatic heterocycles. The van der Waals surface area contributed by atoms with Crippen LogP contribution in [0.1, 0.15) is 11.3 Å². The molecule has 2 aromatic carbocycles. The number of nitrogens with one attached hydrogen (secondary N) is 1. The number of rotatable bonds is 6. The maximum atomic E-state index is 13.6. The van der Waals surface area contributed by atoms with Gasteiger partial charge in [0.2, 0.25) is 0 Å². The lowest BCUT2D eigenvalue weighted by Gasteiger charge is -2.13. The number of alkyl halides is 3. The fraction of sp³-hybridized carbons (Fsp3) is 0.200. The van der Waals surface area contributed by atoms with E-state index in [0.717, 1.165) is 11.8 Å². The Hall–Kier alpha value is -3.20. The molecule has 0 fully saturated rings. The summed E-state index contributed by atoms with van der Waals surface area (Å²) in [6.45, 7) is 0.145. The zero-order chi connectivity index (χ0) is 21.7. The first-order valence-electron chi connectivity index (χ1n) is 8.78. The Morgan fingerprint density at radius 3 is 2.50 bits per heavy atom. The van der Waals surface area contributed by atoms with Crippen molar-refractivity contribution >= 4 is 17.7 Å². The molecule has 0 radical (unpaired) electrons. The molecule has 0 aliphatic rings. The molecular formula is C20H17ClF3N3O3. The van der Waals surface area contributed by atoms with Crippen LogP contribution >= 0.6 is 11.6 Å². The van der Waals surface area contributed by atoms with E-state index in [-0.39, 0.29) is 12.2 Å². The lowest BCUT2D eigenvalue weighted by atomic mass is 10.1. The van der Waals surface area contributed by atoms with Crippen molar-refractivity contribution in [1.29, 1.82) is 0 Å². The fourth-order valence-corrected chi connectivity index (χ4v) is 2.92. The maximum Gasteiger partial charge on any atom is 0.437 e. The van der Waals surface area contributed by atoms with Crippen LogP contribution in [0.3, 0.4) is 0 Å². The second-order valence-electron chi connectivity index (χ2n) is 6.12. The van der Waals surface area contributed by atoms with Gasteiger partial charge in [-0.25, -0.2) is 9.48 Å². The first-order chi connectivity index (χ1) is 14.3. The highest BCUT2D eigenvalue weighted by atomic mass is 35.5. The van der Waals surface area contributed by atoms with E-state index >= 15 is 0 Å². The molecule has 6 nitrogen and oxygen atoms in total. The van der Waals surface area contributed by atoms with Crippen LogP contribution in [0.5, 0.6) is 11.5 Å². The Balaban J connectivity index is 1.71. The van der Waals surface area contributed by atoms with Crippen molar-refractivity contribution in [3.8, 4) is 17.2 Å². The highest BCUT2D eigenvalue weighted by Crippen LogP contribution is 2.37. The van der Waals surface area contributed by atoms with Gasteiger partial charge < -0.3 is 14.8 Å². The van der Waals surface area contributed by atoms with E-state index in [0.29, 0.717) is 21.9 Å². The number of amides is 1. The standard InChI is InChI=1S/C20H17ClF3N3O3/c1-29-16-5-3-2-4-13(16)10-11-25-19(28)30-17-12-26-27(18(17)20(22,23)24)15-8-6-14(21)7-9-15/h2-9,12H,10-11H2,1H3,(H,25,28). The van der Waals surface area contributed by atoms with Crippen molar-refractivity contribution in [2.75, 3.05) is 13.7 Å². The molecule has 1 N–H and O–H groups in total. The van der Waals surface area contributed by atoms with Crippen LogP contribution in [0.2, 0.25) is 5.02 Å². The largest absolute Gasteiger partial charge is 0.496 e. The predicted molar refractivity (Wildman–Crippen MR) is 104 cm³/mol. The average molecular weight is 440 g/mol. The van der Waals surface area contributed by atoms with E-state index in [1.54, 1.807) is 12.1 Å². The van der Waals surface area contributed by atoms with Gasteiger partial charge in [0, 0.05) is 11.6 Å². The van der Waals surface area contributed by atoms with Gasteiger partial charge in [-0.1, -0.05) is 29.8 Å². The number of benzene rings is 2. The normalized spacial score (nSPS) is 11.2. The highest BCUT2D eigenvalue weighted by molar-refractivity contribution is 6.30. The zero-order valence-electron chi connectivity index (χ0n) is 15.7. The molecule has 0 unspecified atom stereocenters. The Kier molecular flexibility index (Phi) is 6.51. The number of hydrogen-bond acceptors (Lipinski definition) is 4. The van der Waals surface area contributed by atoms with Gasteiger partial charge in [-0.15, -0.1) is 0 Å². The minimum atomic E-state index is -4.80. The number of carbonyl (C=O) groups is 1. The minimum Gasteiger partial charge on any atom is -0.496 e. The lowest BCUT2D eigenvalue weighted by molar-refractivity contribution is -0.143. The predicted octanol–water partition coefficient (Wildman–Crippen LogP) is 4.88. The molecule has 10 heteroatoms. The average Bonchev–Trinajstić information content (AvgIpc) is 3.13. The number of nitrogens with zero attached hydrogens (tertiary/aromatic N) is 2. The molecule has 158 valence electrons. The van der Waals surface area contributed by atoms with Crippen molar-refractivity contribution < 1.29 is 27.4 Å². The van der Waals surface area contributed by atoms with E-state index in [9.17, 15) is 18.0 Å². The van der Waals surface area contributed by atoms with Crippen LogP contribution in [0.15, 0.2) is 54.7 Å². The van der Waals surface area contributed by atoms with E-state index in [4.69, 9.17) is 21.1 Å². The topological polar surface area (TPSA) is 65.4 Å². The van der Waals surface area contributed by atoms with E-state index in [1.165, 1.54) is 31.4 Å². The number of ether oxygens (including phenoxy) is 2. The Labute approximate surface area is 175 Å². The number of halogens is 4. The number of para-hydroxylation sites is 1. The van der Waals surface area contributed by atoms with Gasteiger partial charge in [-0.2, -0.15) is 18.3 Å². The number of aromatic nitrogens is 2. The fourth-order valence-electron chi connectivity index (χ4n) is 2.79. The Morgan fingerprint density at radius 1 is 1.13 bits per heavy atom. The van der Waals surface area contributed by atoms with Crippen LogP contribution in [0, 0.1) is 0 Å². The molecule has 0 saturated heterocycles. The number of carbonyl (C=O) groups excluding carboxylic acids is 1. The number of methoxy groups -OCH3 is 1. The summed E-state index contributed by atoms with van der Waals surface area (Å²) in [5, 5.41) is 6.51. The third-order valence-electron chi connectivity index (χ3n) is 4.13. The summed E-state index contributed by atoms with van der Waals surface area (Å²) in [4.78, 5) is 12.0. The van der Waals surface area contributed by atoms with E-state index in [1.807, 2.05) is 12.1 Å².